The summed E-state index contributed by atoms with van der Waals surface area (Å²) in [5.74, 6) is -0.636. The molecule has 1 unspecified atom stereocenters. The van der Waals surface area contributed by atoms with E-state index in [2.05, 4.69) is 9.62 Å². The summed E-state index contributed by atoms with van der Waals surface area (Å²) in [6.07, 6.45) is 1.67. The third-order valence-electron chi connectivity index (χ3n) is 3.44. The quantitative estimate of drug-likeness (QED) is 0.858. The molecule has 112 valence electrons. The second-order valence-corrected chi connectivity index (χ2v) is 6.82. The van der Waals surface area contributed by atoms with Gasteiger partial charge in [-0.15, -0.1) is 0 Å². The third kappa shape index (κ3) is 3.54. The Labute approximate surface area is 118 Å². The van der Waals surface area contributed by atoms with Crippen LogP contribution in [0.15, 0.2) is 23.1 Å². The summed E-state index contributed by atoms with van der Waals surface area (Å²) in [7, 11) is -1.89. The van der Waals surface area contributed by atoms with Crippen molar-refractivity contribution in [3.63, 3.8) is 0 Å². The molecule has 1 aliphatic heterocycles. The number of hydrogen-bond acceptors (Lipinski definition) is 4. The van der Waals surface area contributed by atoms with Gasteiger partial charge >= 0.3 is 0 Å². The van der Waals surface area contributed by atoms with Crippen LogP contribution in [0.4, 0.5) is 4.39 Å². The summed E-state index contributed by atoms with van der Waals surface area (Å²) in [6, 6.07) is 3.18. The van der Waals surface area contributed by atoms with Crippen LogP contribution in [0, 0.1) is 5.82 Å². The molecule has 1 aromatic carbocycles. The molecule has 0 amide bonds. The maximum atomic E-state index is 13.3. The van der Waals surface area contributed by atoms with E-state index in [1.807, 2.05) is 7.05 Å². The van der Waals surface area contributed by atoms with Gasteiger partial charge in [0.2, 0.25) is 10.0 Å². The molecule has 0 aliphatic carbocycles. The van der Waals surface area contributed by atoms with E-state index >= 15 is 0 Å². The van der Waals surface area contributed by atoms with E-state index in [1.165, 1.54) is 6.07 Å². The van der Waals surface area contributed by atoms with Crippen LogP contribution in [-0.4, -0.2) is 44.6 Å². The fourth-order valence-corrected chi connectivity index (χ4v) is 3.96. The Morgan fingerprint density at radius 3 is 2.90 bits per heavy atom. The van der Waals surface area contributed by atoms with Crippen molar-refractivity contribution in [2.45, 2.75) is 30.4 Å². The SMILES string of the molecule is CN1CCCC(NS(=O)(=O)c2cc(F)ccc2CO)C1. The van der Waals surface area contributed by atoms with Gasteiger partial charge in [-0.2, -0.15) is 0 Å². The number of rotatable bonds is 4. The Hall–Kier alpha value is -1.02. The van der Waals surface area contributed by atoms with Crippen LogP contribution in [-0.2, 0) is 16.6 Å². The highest BCUT2D eigenvalue weighted by molar-refractivity contribution is 7.89. The number of nitrogens with one attached hydrogen (secondary N) is 1. The average molecular weight is 302 g/mol. The lowest BCUT2D eigenvalue weighted by molar-refractivity contribution is 0.242. The maximum Gasteiger partial charge on any atom is 0.241 e. The van der Waals surface area contributed by atoms with E-state index in [9.17, 15) is 17.9 Å². The molecule has 5 nitrogen and oxygen atoms in total. The number of benzene rings is 1. The molecular formula is C13H19FN2O3S. The molecule has 0 radical (unpaired) electrons. The van der Waals surface area contributed by atoms with Gasteiger partial charge < -0.3 is 10.0 Å². The van der Waals surface area contributed by atoms with Gasteiger partial charge in [-0.25, -0.2) is 17.5 Å². The van der Waals surface area contributed by atoms with Crippen molar-refractivity contribution in [2.24, 2.45) is 0 Å². The Bertz CT molecular complexity index is 577. The lowest BCUT2D eigenvalue weighted by Gasteiger charge is -2.30. The van der Waals surface area contributed by atoms with Gasteiger partial charge in [0.25, 0.3) is 0 Å². The molecule has 1 aliphatic rings. The van der Waals surface area contributed by atoms with Crippen LogP contribution in [0.1, 0.15) is 18.4 Å². The van der Waals surface area contributed by atoms with Crippen molar-refractivity contribution >= 4 is 10.0 Å². The average Bonchev–Trinajstić information content (AvgIpc) is 2.38. The number of piperidine rings is 1. The molecule has 1 atom stereocenters. The van der Waals surface area contributed by atoms with Crippen molar-refractivity contribution in [3.8, 4) is 0 Å². The maximum absolute atomic E-state index is 13.3. The van der Waals surface area contributed by atoms with Crippen molar-refractivity contribution in [2.75, 3.05) is 20.1 Å². The molecule has 2 N–H and O–H groups in total. The van der Waals surface area contributed by atoms with Gasteiger partial charge in [0, 0.05) is 12.6 Å². The van der Waals surface area contributed by atoms with Gasteiger partial charge in [0.05, 0.1) is 11.5 Å². The second kappa shape index (κ2) is 6.17. The fourth-order valence-electron chi connectivity index (χ4n) is 2.45. The molecule has 2 rings (SSSR count). The Morgan fingerprint density at radius 1 is 1.50 bits per heavy atom. The molecule has 1 aromatic rings. The first-order valence-corrected chi connectivity index (χ1v) is 8.01. The Morgan fingerprint density at radius 2 is 2.25 bits per heavy atom. The number of sulfonamides is 1. The highest BCUT2D eigenvalue weighted by Gasteiger charge is 2.25. The number of hydrogen-bond donors (Lipinski definition) is 2. The lowest BCUT2D eigenvalue weighted by atomic mass is 10.1. The van der Waals surface area contributed by atoms with E-state index in [1.54, 1.807) is 0 Å². The zero-order valence-corrected chi connectivity index (χ0v) is 12.2. The highest BCUT2D eigenvalue weighted by Crippen LogP contribution is 2.19. The van der Waals surface area contributed by atoms with Crippen molar-refractivity contribution in [1.82, 2.24) is 9.62 Å². The predicted octanol–water partition coefficient (Wildman–Crippen LogP) is 0.690. The van der Waals surface area contributed by atoms with Crippen LogP contribution in [0.25, 0.3) is 0 Å². The number of likely N-dealkylation sites (tertiary alicyclic amines) is 1. The van der Waals surface area contributed by atoms with Crippen LogP contribution < -0.4 is 4.72 Å². The second-order valence-electron chi connectivity index (χ2n) is 5.13. The van der Waals surface area contributed by atoms with E-state index in [0.29, 0.717) is 6.54 Å². The molecular weight excluding hydrogens is 283 g/mol. The first-order chi connectivity index (χ1) is 9.42. The summed E-state index contributed by atoms with van der Waals surface area (Å²) in [5.41, 5.74) is 0.197. The van der Waals surface area contributed by atoms with E-state index in [4.69, 9.17) is 0 Å². The van der Waals surface area contributed by atoms with Gasteiger partial charge in [0.1, 0.15) is 5.82 Å². The largest absolute Gasteiger partial charge is 0.392 e. The van der Waals surface area contributed by atoms with Crippen molar-refractivity contribution < 1.29 is 17.9 Å². The minimum atomic E-state index is -3.83. The number of aliphatic hydroxyl groups is 1. The summed E-state index contributed by atoms with van der Waals surface area (Å²) in [6.45, 7) is 1.13. The first kappa shape index (κ1) is 15.4. The normalized spacial score (nSPS) is 21.1. The third-order valence-corrected chi connectivity index (χ3v) is 5.04. The zero-order chi connectivity index (χ0) is 14.8. The van der Waals surface area contributed by atoms with E-state index < -0.39 is 22.4 Å². The van der Waals surface area contributed by atoms with Crippen molar-refractivity contribution in [3.05, 3.63) is 29.6 Å². The molecule has 0 bridgehead atoms. The first-order valence-electron chi connectivity index (χ1n) is 6.52. The zero-order valence-electron chi connectivity index (χ0n) is 11.3. The van der Waals surface area contributed by atoms with Gasteiger partial charge in [-0.05, 0) is 44.1 Å². The molecule has 0 saturated carbocycles. The van der Waals surface area contributed by atoms with Gasteiger partial charge in [-0.1, -0.05) is 6.07 Å². The molecule has 7 heteroatoms. The molecule has 1 fully saturated rings. The van der Waals surface area contributed by atoms with E-state index in [0.717, 1.165) is 31.5 Å². The molecule has 0 aromatic heterocycles. The smallest absolute Gasteiger partial charge is 0.241 e. The van der Waals surface area contributed by atoms with E-state index in [-0.39, 0.29) is 16.5 Å². The minimum absolute atomic E-state index is 0.187. The number of halogens is 1. The van der Waals surface area contributed by atoms with Crippen LogP contribution in [0.5, 0.6) is 0 Å². The predicted molar refractivity (Wildman–Crippen MR) is 73.2 cm³/mol. The van der Waals surface area contributed by atoms with Gasteiger partial charge in [0.15, 0.2) is 0 Å². The summed E-state index contributed by atoms with van der Waals surface area (Å²) < 4.78 is 40.5. The molecule has 1 heterocycles. The minimum Gasteiger partial charge on any atom is -0.392 e. The summed E-state index contributed by atoms with van der Waals surface area (Å²) in [4.78, 5) is 1.86. The molecule has 20 heavy (non-hydrogen) atoms. The fraction of sp³-hybridized carbons (Fsp3) is 0.538. The Kier molecular flexibility index (Phi) is 4.74. The summed E-state index contributed by atoms with van der Waals surface area (Å²) in [5, 5.41) is 9.20. The number of aliphatic hydroxyl groups excluding tert-OH is 1. The standard InChI is InChI=1S/C13H19FN2O3S/c1-16-6-2-3-12(8-16)15-20(18,19)13-7-11(14)5-4-10(13)9-17/h4-5,7,12,15,17H,2-3,6,8-9H2,1H3. The lowest BCUT2D eigenvalue weighted by Crippen LogP contribution is -2.46. The van der Waals surface area contributed by atoms with Gasteiger partial charge in [-0.3, -0.25) is 0 Å². The van der Waals surface area contributed by atoms with Crippen LogP contribution >= 0.6 is 0 Å². The molecule has 1 saturated heterocycles. The monoisotopic (exact) mass is 302 g/mol. The van der Waals surface area contributed by atoms with Crippen molar-refractivity contribution in [1.29, 1.82) is 0 Å². The topological polar surface area (TPSA) is 69.6 Å². The van der Waals surface area contributed by atoms with Crippen LogP contribution in [0.3, 0.4) is 0 Å². The number of likely N-dealkylation sites (N-methyl/N-ethyl adjacent to an activating group) is 1. The number of nitrogens with zero attached hydrogens (tertiary/aromatic N) is 1. The molecule has 0 spiro atoms. The summed E-state index contributed by atoms with van der Waals surface area (Å²) >= 11 is 0. The van der Waals surface area contributed by atoms with Crippen LogP contribution in [0.2, 0.25) is 0 Å². The highest BCUT2D eigenvalue weighted by atomic mass is 32.2. The Balaban J connectivity index is 2.24.